The van der Waals surface area contributed by atoms with Crippen molar-refractivity contribution in [1.29, 1.82) is 0 Å². The average Bonchev–Trinajstić information content (AvgIpc) is 3.00. The van der Waals surface area contributed by atoms with E-state index in [9.17, 15) is 22.4 Å². The molecule has 0 saturated heterocycles. The highest BCUT2D eigenvalue weighted by molar-refractivity contribution is 7.92. The van der Waals surface area contributed by atoms with E-state index in [1.54, 1.807) is 6.92 Å². The van der Waals surface area contributed by atoms with Gasteiger partial charge in [0.05, 0.1) is 24.8 Å². The molecule has 2 amide bonds. The van der Waals surface area contributed by atoms with E-state index in [2.05, 4.69) is 5.32 Å². The van der Waals surface area contributed by atoms with Gasteiger partial charge < -0.3 is 19.7 Å². The minimum Gasteiger partial charge on any atom is -0.493 e. The summed E-state index contributed by atoms with van der Waals surface area (Å²) in [7, 11) is -1.53. The highest BCUT2D eigenvalue weighted by Gasteiger charge is 2.34. The van der Waals surface area contributed by atoms with Crippen LogP contribution < -0.4 is 19.1 Å². The average molecular weight is 634 g/mol. The maximum Gasteiger partial charge on any atom is 0.264 e. The van der Waals surface area contributed by atoms with Crippen LogP contribution in [0.2, 0.25) is 5.02 Å². The molecule has 3 rings (SSSR count). The summed E-state index contributed by atoms with van der Waals surface area (Å²) in [5.74, 6) is -0.920. The van der Waals surface area contributed by atoms with E-state index in [4.69, 9.17) is 21.1 Å². The molecule has 0 heterocycles. The Balaban J connectivity index is 2.09. The number of hydrogen-bond donors (Lipinski definition) is 1. The maximum atomic E-state index is 14.1. The van der Waals surface area contributed by atoms with Crippen molar-refractivity contribution in [1.82, 2.24) is 10.2 Å². The lowest BCUT2D eigenvalue weighted by molar-refractivity contribution is -0.140. The van der Waals surface area contributed by atoms with Crippen LogP contribution in [0.3, 0.4) is 0 Å². The van der Waals surface area contributed by atoms with Gasteiger partial charge in [0.2, 0.25) is 11.8 Å². The van der Waals surface area contributed by atoms with Gasteiger partial charge in [-0.15, -0.1) is 0 Å². The zero-order valence-corrected chi connectivity index (χ0v) is 26.4. The number of methoxy groups -OCH3 is 2. The summed E-state index contributed by atoms with van der Waals surface area (Å²) in [6.07, 6.45) is 0.945. The van der Waals surface area contributed by atoms with Crippen molar-refractivity contribution >= 4 is 39.1 Å². The first kappa shape index (κ1) is 33.7. The monoisotopic (exact) mass is 633 g/mol. The number of rotatable bonds is 14. The van der Waals surface area contributed by atoms with Gasteiger partial charge >= 0.3 is 0 Å². The second kappa shape index (κ2) is 15.1. The summed E-state index contributed by atoms with van der Waals surface area (Å²) in [6, 6.07) is 14.7. The van der Waals surface area contributed by atoms with Crippen LogP contribution in [0.15, 0.2) is 71.6 Å². The summed E-state index contributed by atoms with van der Waals surface area (Å²) in [6.45, 7) is 4.87. The standard InChI is InChI=1S/C31H37ClFN3O6S/c1-6-21(3)34-31(38)27(7-2)35(19-22-8-12-24(33)13-9-22)30(37)20-36(25-14-10-23(32)11-15-25)43(39,40)26-16-17-28(41-4)29(18-26)42-5/h8-18,21,27H,6-7,19-20H2,1-5H3,(H,34,38). The lowest BCUT2D eigenvalue weighted by atomic mass is 10.1. The number of carbonyl (C=O) groups excluding carboxylic acids is 2. The maximum absolute atomic E-state index is 14.1. The molecular formula is C31H37ClFN3O6S. The Morgan fingerprint density at radius 2 is 1.56 bits per heavy atom. The number of carbonyl (C=O) groups is 2. The number of amides is 2. The summed E-state index contributed by atoms with van der Waals surface area (Å²) in [4.78, 5) is 28.7. The second-order valence-electron chi connectivity index (χ2n) is 9.89. The van der Waals surface area contributed by atoms with E-state index >= 15 is 0 Å². The normalized spacial score (nSPS) is 12.6. The molecule has 0 fully saturated rings. The Kier molecular flexibility index (Phi) is 11.8. The predicted octanol–water partition coefficient (Wildman–Crippen LogP) is 5.41. The molecule has 0 radical (unpaired) electrons. The van der Waals surface area contributed by atoms with Crippen LogP contribution in [-0.2, 0) is 26.2 Å². The number of nitrogens with zero attached hydrogens (tertiary/aromatic N) is 2. The van der Waals surface area contributed by atoms with Gasteiger partial charge in [0.1, 0.15) is 18.4 Å². The molecule has 0 spiro atoms. The Morgan fingerprint density at radius 3 is 2.12 bits per heavy atom. The number of nitrogens with one attached hydrogen (secondary N) is 1. The first-order chi connectivity index (χ1) is 20.4. The van der Waals surface area contributed by atoms with Gasteiger partial charge in [0.15, 0.2) is 11.5 Å². The van der Waals surface area contributed by atoms with E-state index in [0.29, 0.717) is 22.8 Å². The zero-order chi connectivity index (χ0) is 31.7. The SMILES string of the molecule is CCC(C)NC(=O)C(CC)N(Cc1ccc(F)cc1)C(=O)CN(c1ccc(Cl)cc1)S(=O)(=O)c1ccc(OC)c(OC)c1. The molecule has 0 aromatic heterocycles. The number of anilines is 1. The third-order valence-corrected chi connectivity index (χ3v) is 9.01. The molecule has 0 bridgehead atoms. The molecule has 2 atom stereocenters. The van der Waals surface area contributed by atoms with Crippen molar-refractivity contribution in [2.45, 2.75) is 57.1 Å². The third kappa shape index (κ3) is 8.39. The quantitative estimate of drug-likeness (QED) is 0.254. The number of benzene rings is 3. The van der Waals surface area contributed by atoms with E-state index in [1.165, 1.54) is 85.8 Å². The first-order valence-electron chi connectivity index (χ1n) is 13.8. The number of halogens is 2. The van der Waals surface area contributed by atoms with Crippen LogP contribution in [0.4, 0.5) is 10.1 Å². The number of ether oxygens (including phenoxy) is 2. The van der Waals surface area contributed by atoms with Gasteiger partial charge in [-0.05, 0) is 73.9 Å². The molecule has 43 heavy (non-hydrogen) atoms. The van der Waals surface area contributed by atoms with E-state index < -0.39 is 34.3 Å². The third-order valence-electron chi connectivity index (χ3n) is 6.99. The van der Waals surface area contributed by atoms with Gasteiger partial charge in [-0.2, -0.15) is 0 Å². The lowest BCUT2D eigenvalue weighted by Gasteiger charge is -2.33. The van der Waals surface area contributed by atoms with Crippen LogP contribution >= 0.6 is 11.6 Å². The number of sulfonamides is 1. The lowest BCUT2D eigenvalue weighted by Crippen LogP contribution is -2.53. The van der Waals surface area contributed by atoms with Gasteiger partial charge in [-0.3, -0.25) is 13.9 Å². The molecule has 2 unspecified atom stereocenters. The summed E-state index contributed by atoms with van der Waals surface area (Å²) < 4.78 is 53.4. The largest absolute Gasteiger partial charge is 0.493 e. The van der Waals surface area contributed by atoms with E-state index in [1.807, 2.05) is 13.8 Å². The molecule has 232 valence electrons. The number of hydrogen-bond acceptors (Lipinski definition) is 6. The molecule has 0 saturated carbocycles. The highest BCUT2D eigenvalue weighted by Crippen LogP contribution is 2.33. The minimum atomic E-state index is -4.35. The molecule has 0 aliphatic rings. The molecule has 12 heteroatoms. The predicted molar refractivity (Wildman–Crippen MR) is 164 cm³/mol. The molecule has 9 nitrogen and oxygen atoms in total. The van der Waals surface area contributed by atoms with Crippen LogP contribution in [0.25, 0.3) is 0 Å². The Bertz CT molecular complexity index is 1500. The Morgan fingerprint density at radius 1 is 0.930 bits per heavy atom. The summed E-state index contributed by atoms with van der Waals surface area (Å²) >= 11 is 6.08. The molecule has 0 aliphatic carbocycles. The van der Waals surface area contributed by atoms with Gasteiger partial charge in [-0.25, -0.2) is 12.8 Å². The fraction of sp³-hybridized carbons (Fsp3) is 0.355. The molecule has 1 N–H and O–H groups in total. The fourth-order valence-corrected chi connectivity index (χ4v) is 5.94. The van der Waals surface area contributed by atoms with E-state index in [-0.39, 0.29) is 41.2 Å². The molecule has 3 aromatic carbocycles. The van der Waals surface area contributed by atoms with Crippen molar-refractivity contribution in [3.8, 4) is 11.5 Å². The van der Waals surface area contributed by atoms with Crippen molar-refractivity contribution in [2.24, 2.45) is 0 Å². The summed E-state index contributed by atoms with van der Waals surface area (Å²) in [5, 5.41) is 3.30. The van der Waals surface area contributed by atoms with Crippen molar-refractivity contribution < 1.29 is 31.9 Å². The Hall–Kier alpha value is -3.83. The molecule has 0 aliphatic heterocycles. The molecule has 3 aromatic rings. The van der Waals surface area contributed by atoms with Crippen molar-refractivity contribution in [2.75, 3.05) is 25.1 Å². The zero-order valence-electron chi connectivity index (χ0n) is 24.8. The first-order valence-corrected chi connectivity index (χ1v) is 15.6. The minimum absolute atomic E-state index is 0.0452. The fourth-order valence-electron chi connectivity index (χ4n) is 4.39. The van der Waals surface area contributed by atoms with Crippen LogP contribution in [0.5, 0.6) is 11.5 Å². The summed E-state index contributed by atoms with van der Waals surface area (Å²) in [5.41, 5.74) is 0.761. The van der Waals surface area contributed by atoms with Crippen LogP contribution in [-0.4, -0.2) is 58.0 Å². The van der Waals surface area contributed by atoms with E-state index in [0.717, 1.165) is 4.31 Å². The topological polar surface area (TPSA) is 105 Å². The van der Waals surface area contributed by atoms with Crippen molar-refractivity contribution in [3.63, 3.8) is 0 Å². The van der Waals surface area contributed by atoms with Gasteiger partial charge in [0.25, 0.3) is 10.0 Å². The van der Waals surface area contributed by atoms with Crippen LogP contribution in [0, 0.1) is 5.82 Å². The van der Waals surface area contributed by atoms with Crippen LogP contribution in [0.1, 0.15) is 39.2 Å². The smallest absolute Gasteiger partial charge is 0.264 e. The highest BCUT2D eigenvalue weighted by atomic mass is 35.5. The van der Waals surface area contributed by atoms with Gasteiger partial charge in [-0.1, -0.05) is 37.6 Å². The van der Waals surface area contributed by atoms with Crippen molar-refractivity contribution in [3.05, 3.63) is 83.1 Å². The van der Waals surface area contributed by atoms with Gasteiger partial charge in [0, 0.05) is 23.7 Å². The molecular weight excluding hydrogens is 597 g/mol. The second-order valence-corrected chi connectivity index (χ2v) is 12.2. The Labute approximate surface area is 257 Å².